The van der Waals surface area contributed by atoms with Crippen LogP contribution in [0.3, 0.4) is 0 Å². The van der Waals surface area contributed by atoms with E-state index in [2.05, 4.69) is 50.5 Å². The Balaban J connectivity index is 2.04. The molecule has 3 rings (SSSR count). The lowest BCUT2D eigenvalue weighted by Gasteiger charge is -2.48. The van der Waals surface area contributed by atoms with E-state index >= 15 is 0 Å². The highest BCUT2D eigenvalue weighted by Gasteiger charge is 2.46. The minimum Gasteiger partial charge on any atom is -0.370 e. The van der Waals surface area contributed by atoms with Gasteiger partial charge in [0.2, 0.25) is 0 Å². The van der Waals surface area contributed by atoms with Crippen LogP contribution in [0.2, 0.25) is 0 Å². The minimum atomic E-state index is -0.0436. The van der Waals surface area contributed by atoms with E-state index in [1.807, 2.05) is 0 Å². The molecule has 2 unspecified atom stereocenters. The highest BCUT2D eigenvalue weighted by molar-refractivity contribution is 5.40. The summed E-state index contributed by atoms with van der Waals surface area (Å²) in [6.07, 6.45) is 4.59. The SMILES string of the molecule is CNC1CCOC2(CCC(C)(C)c3ccccc32)C1. The first-order chi connectivity index (χ1) is 9.07. The zero-order valence-corrected chi connectivity index (χ0v) is 12.3. The molecule has 0 amide bonds. The largest absolute Gasteiger partial charge is 0.370 e. The molecule has 2 nitrogen and oxygen atoms in total. The van der Waals surface area contributed by atoms with Crippen LogP contribution in [0.25, 0.3) is 0 Å². The molecule has 2 heteroatoms. The number of fused-ring (bicyclic) bond motifs is 2. The van der Waals surface area contributed by atoms with Crippen molar-refractivity contribution in [1.82, 2.24) is 5.32 Å². The van der Waals surface area contributed by atoms with Crippen LogP contribution >= 0.6 is 0 Å². The maximum absolute atomic E-state index is 6.32. The number of benzene rings is 1. The smallest absolute Gasteiger partial charge is 0.0949 e. The van der Waals surface area contributed by atoms with Gasteiger partial charge in [-0.05, 0) is 49.3 Å². The Morgan fingerprint density at radius 2 is 1.89 bits per heavy atom. The Morgan fingerprint density at radius 3 is 2.63 bits per heavy atom. The van der Waals surface area contributed by atoms with Gasteiger partial charge in [-0.25, -0.2) is 0 Å². The van der Waals surface area contributed by atoms with Crippen molar-refractivity contribution in [3.8, 4) is 0 Å². The summed E-state index contributed by atoms with van der Waals surface area (Å²) in [4.78, 5) is 0. The normalized spacial score (nSPS) is 33.1. The molecule has 0 bridgehead atoms. The zero-order chi connectivity index (χ0) is 13.5. The third-order valence-corrected chi connectivity index (χ3v) is 5.13. The molecule has 1 aliphatic carbocycles. The zero-order valence-electron chi connectivity index (χ0n) is 12.3. The molecule has 1 heterocycles. The molecule has 1 aromatic rings. The van der Waals surface area contributed by atoms with Crippen LogP contribution in [0.15, 0.2) is 24.3 Å². The molecule has 0 radical (unpaired) electrons. The number of rotatable bonds is 1. The topological polar surface area (TPSA) is 21.3 Å². The predicted molar refractivity (Wildman–Crippen MR) is 78.4 cm³/mol. The van der Waals surface area contributed by atoms with E-state index in [1.54, 1.807) is 0 Å². The third-order valence-electron chi connectivity index (χ3n) is 5.13. The highest BCUT2D eigenvalue weighted by Crippen LogP contribution is 2.50. The van der Waals surface area contributed by atoms with Gasteiger partial charge in [-0.15, -0.1) is 0 Å². The van der Waals surface area contributed by atoms with E-state index in [-0.39, 0.29) is 11.0 Å². The van der Waals surface area contributed by atoms with Gasteiger partial charge in [0.25, 0.3) is 0 Å². The van der Waals surface area contributed by atoms with Gasteiger partial charge in [0.15, 0.2) is 0 Å². The maximum Gasteiger partial charge on any atom is 0.0949 e. The molecule has 0 aromatic heterocycles. The van der Waals surface area contributed by atoms with Crippen LogP contribution < -0.4 is 5.32 Å². The van der Waals surface area contributed by atoms with Gasteiger partial charge in [-0.1, -0.05) is 38.1 Å². The average molecular weight is 259 g/mol. The third kappa shape index (κ3) is 2.11. The van der Waals surface area contributed by atoms with Gasteiger partial charge >= 0.3 is 0 Å². The molecule has 1 spiro atoms. The van der Waals surface area contributed by atoms with Crippen molar-refractivity contribution in [1.29, 1.82) is 0 Å². The van der Waals surface area contributed by atoms with Gasteiger partial charge < -0.3 is 10.1 Å². The van der Waals surface area contributed by atoms with Crippen molar-refractivity contribution in [2.24, 2.45) is 0 Å². The number of hydrogen-bond donors (Lipinski definition) is 1. The molecule has 2 atom stereocenters. The maximum atomic E-state index is 6.32. The minimum absolute atomic E-state index is 0.0436. The second-order valence-electron chi connectivity index (χ2n) is 6.75. The van der Waals surface area contributed by atoms with Crippen LogP contribution in [-0.2, 0) is 15.8 Å². The fraction of sp³-hybridized carbons (Fsp3) is 0.647. The summed E-state index contributed by atoms with van der Waals surface area (Å²) in [5.74, 6) is 0. The molecular formula is C17H25NO. The van der Waals surface area contributed by atoms with Crippen molar-refractivity contribution in [2.45, 2.75) is 56.6 Å². The Hall–Kier alpha value is -0.860. The van der Waals surface area contributed by atoms with Crippen molar-refractivity contribution in [3.63, 3.8) is 0 Å². The van der Waals surface area contributed by atoms with Crippen molar-refractivity contribution >= 4 is 0 Å². The van der Waals surface area contributed by atoms with Gasteiger partial charge in [-0.3, -0.25) is 0 Å². The van der Waals surface area contributed by atoms with Crippen LogP contribution in [-0.4, -0.2) is 19.7 Å². The molecule has 1 fully saturated rings. The van der Waals surface area contributed by atoms with Gasteiger partial charge in [-0.2, -0.15) is 0 Å². The fourth-order valence-corrected chi connectivity index (χ4v) is 3.82. The number of hydrogen-bond acceptors (Lipinski definition) is 2. The molecule has 104 valence electrons. The molecule has 1 N–H and O–H groups in total. The fourth-order valence-electron chi connectivity index (χ4n) is 3.82. The number of ether oxygens (including phenoxy) is 1. The second kappa shape index (κ2) is 4.60. The molecule has 2 aliphatic rings. The Bertz CT molecular complexity index is 468. The molecule has 1 aromatic carbocycles. The van der Waals surface area contributed by atoms with Gasteiger partial charge in [0.05, 0.1) is 5.60 Å². The summed E-state index contributed by atoms with van der Waals surface area (Å²) in [5.41, 5.74) is 3.15. The van der Waals surface area contributed by atoms with E-state index in [0.29, 0.717) is 6.04 Å². The summed E-state index contributed by atoms with van der Waals surface area (Å²) in [6.45, 7) is 5.59. The Labute approximate surface area is 116 Å². The lowest BCUT2D eigenvalue weighted by Crippen LogP contribution is -2.48. The van der Waals surface area contributed by atoms with Crippen molar-refractivity contribution in [2.75, 3.05) is 13.7 Å². The predicted octanol–water partition coefficient (Wildman–Crippen LogP) is 3.35. The molecule has 19 heavy (non-hydrogen) atoms. The lowest BCUT2D eigenvalue weighted by atomic mass is 9.64. The van der Waals surface area contributed by atoms with Crippen molar-refractivity contribution in [3.05, 3.63) is 35.4 Å². The summed E-state index contributed by atoms with van der Waals surface area (Å²) in [7, 11) is 2.07. The Kier molecular flexibility index (Phi) is 3.18. The molecule has 1 aliphatic heterocycles. The van der Waals surface area contributed by atoms with E-state index in [0.717, 1.165) is 25.9 Å². The first-order valence-corrected chi connectivity index (χ1v) is 7.49. The van der Waals surface area contributed by atoms with Gasteiger partial charge in [0, 0.05) is 12.6 Å². The van der Waals surface area contributed by atoms with Crippen LogP contribution in [0.4, 0.5) is 0 Å². The first-order valence-electron chi connectivity index (χ1n) is 7.49. The van der Waals surface area contributed by atoms with E-state index in [9.17, 15) is 0 Å². The Morgan fingerprint density at radius 1 is 1.16 bits per heavy atom. The summed E-state index contributed by atoms with van der Waals surface area (Å²) in [5, 5.41) is 3.45. The quantitative estimate of drug-likeness (QED) is 0.835. The lowest BCUT2D eigenvalue weighted by molar-refractivity contribution is -0.108. The summed E-state index contributed by atoms with van der Waals surface area (Å²) in [6, 6.07) is 9.49. The van der Waals surface area contributed by atoms with E-state index in [4.69, 9.17) is 4.74 Å². The van der Waals surface area contributed by atoms with Crippen LogP contribution in [0, 0.1) is 0 Å². The van der Waals surface area contributed by atoms with Gasteiger partial charge in [0.1, 0.15) is 0 Å². The van der Waals surface area contributed by atoms with E-state index in [1.165, 1.54) is 17.5 Å². The standard InChI is InChI=1S/C17H25NO/c1-16(2)9-10-17(12-13(18-3)8-11-19-17)15-7-5-4-6-14(15)16/h4-7,13,18H,8-12H2,1-3H3. The number of nitrogens with one attached hydrogen (secondary N) is 1. The molecule has 0 saturated carbocycles. The van der Waals surface area contributed by atoms with E-state index < -0.39 is 0 Å². The monoisotopic (exact) mass is 259 g/mol. The summed E-state index contributed by atoms with van der Waals surface area (Å²) >= 11 is 0. The molecular weight excluding hydrogens is 234 g/mol. The highest BCUT2D eigenvalue weighted by atomic mass is 16.5. The van der Waals surface area contributed by atoms with Crippen LogP contribution in [0.5, 0.6) is 0 Å². The molecule has 1 saturated heterocycles. The first kappa shape index (κ1) is 13.1. The van der Waals surface area contributed by atoms with Crippen molar-refractivity contribution < 1.29 is 4.74 Å². The second-order valence-corrected chi connectivity index (χ2v) is 6.75. The average Bonchev–Trinajstić information content (AvgIpc) is 2.44. The van der Waals surface area contributed by atoms with Crippen LogP contribution in [0.1, 0.15) is 50.7 Å². The summed E-state index contributed by atoms with van der Waals surface area (Å²) < 4.78 is 6.32.